The Bertz CT molecular complexity index is 763. The number of benzene rings is 1. The van der Waals surface area contributed by atoms with Gasteiger partial charge in [0.1, 0.15) is 0 Å². The van der Waals surface area contributed by atoms with Crippen molar-refractivity contribution in [2.75, 3.05) is 12.3 Å². The van der Waals surface area contributed by atoms with Crippen LogP contribution < -0.4 is 5.32 Å². The van der Waals surface area contributed by atoms with Crippen molar-refractivity contribution >= 4 is 22.7 Å². The highest BCUT2D eigenvalue weighted by Gasteiger charge is 2.07. The van der Waals surface area contributed by atoms with E-state index in [1.165, 1.54) is 16.5 Å². The van der Waals surface area contributed by atoms with Gasteiger partial charge in [-0.15, -0.1) is 5.10 Å². The van der Waals surface area contributed by atoms with Crippen molar-refractivity contribution < 1.29 is 0 Å². The molecule has 0 saturated heterocycles. The number of thioether (sulfide) groups is 1. The van der Waals surface area contributed by atoms with E-state index in [-0.39, 0.29) is 0 Å². The molecule has 1 aromatic carbocycles. The molecule has 6 nitrogen and oxygen atoms in total. The second-order valence-electron chi connectivity index (χ2n) is 5.48. The first-order valence-corrected chi connectivity index (χ1v) is 8.90. The molecule has 0 aliphatic rings. The zero-order chi connectivity index (χ0) is 16.1. The van der Waals surface area contributed by atoms with E-state index in [0.717, 1.165) is 37.0 Å². The van der Waals surface area contributed by atoms with Gasteiger partial charge in [-0.2, -0.15) is 0 Å². The fourth-order valence-electron chi connectivity index (χ4n) is 2.67. The Morgan fingerprint density at radius 2 is 2.13 bits per heavy atom. The largest absolute Gasteiger partial charge is 0.347 e. The molecule has 0 aliphatic heterocycles. The third-order valence-corrected chi connectivity index (χ3v) is 4.75. The summed E-state index contributed by atoms with van der Waals surface area (Å²) in [5.74, 6) is 0.946. The van der Waals surface area contributed by atoms with Gasteiger partial charge in [-0.3, -0.25) is 0 Å². The number of aryl methyl sites for hydroxylation is 2. The first-order valence-electron chi connectivity index (χ1n) is 7.92. The maximum Gasteiger partial charge on any atom is 0.209 e. The minimum atomic E-state index is 0.853. The van der Waals surface area contributed by atoms with Crippen LogP contribution in [-0.2, 0) is 20.1 Å². The number of fused-ring (bicyclic) bond motifs is 1. The molecule has 0 amide bonds. The van der Waals surface area contributed by atoms with E-state index in [9.17, 15) is 0 Å². The van der Waals surface area contributed by atoms with Crippen LogP contribution in [0, 0.1) is 0 Å². The summed E-state index contributed by atoms with van der Waals surface area (Å²) in [7, 11) is 1.86. The minimum Gasteiger partial charge on any atom is -0.347 e. The highest BCUT2D eigenvalue weighted by molar-refractivity contribution is 7.99. The van der Waals surface area contributed by atoms with Crippen LogP contribution in [-0.4, -0.2) is 37.1 Å². The zero-order valence-corrected chi connectivity index (χ0v) is 14.4. The molecule has 0 saturated carbocycles. The topological polar surface area (TPSA) is 60.6 Å². The first kappa shape index (κ1) is 16.0. The molecule has 2 heterocycles. The first-order chi connectivity index (χ1) is 11.3. The SMILES string of the molecule is CCCn1cc(CNCCSc2nnnn2C)c2ccccc21. The van der Waals surface area contributed by atoms with Crippen LogP contribution in [0.1, 0.15) is 18.9 Å². The van der Waals surface area contributed by atoms with Crippen molar-refractivity contribution in [2.24, 2.45) is 7.05 Å². The van der Waals surface area contributed by atoms with E-state index >= 15 is 0 Å². The Balaban J connectivity index is 1.56. The van der Waals surface area contributed by atoms with Gasteiger partial charge in [0.15, 0.2) is 0 Å². The number of tetrazole rings is 1. The summed E-state index contributed by atoms with van der Waals surface area (Å²) in [6.07, 6.45) is 3.43. The summed E-state index contributed by atoms with van der Waals surface area (Å²) in [6, 6.07) is 8.63. The van der Waals surface area contributed by atoms with Crippen molar-refractivity contribution in [2.45, 2.75) is 31.6 Å². The lowest BCUT2D eigenvalue weighted by Crippen LogP contribution is -2.16. The van der Waals surface area contributed by atoms with Gasteiger partial charge < -0.3 is 9.88 Å². The van der Waals surface area contributed by atoms with Crippen LogP contribution in [0.5, 0.6) is 0 Å². The maximum atomic E-state index is 3.97. The van der Waals surface area contributed by atoms with Gasteiger partial charge >= 0.3 is 0 Å². The molecule has 0 bridgehead atoms. The summed E-state index contributed by atoms with van der Waals surface area (Å²) in [5.41, 5.74) is 2.69. The number of hydrogen-bond acceptors (Lipinski definition) is 5. The summed E-state index contributed by atoms with van der Waals surface area (Å²) in [6.45, 7) is 5.08. The second kappa shape index (κ2) is 7.61. The monoisotopic (exact) mass is 330 g/mol. The average molecular weight is 330 g/mol. The standard InChI is InChI=1S/C16H22N6S/c1-3-9-22-12-13(14-6-4-5-7-15(14)22)11-17-8-10-23-16-18-19-20-21(16)2/h4-7,12,17H,3,8-11H2,1-2H3. The third kappa shape index (κ3) is 3.73. The van der Waals surface area contributed by atoms with E-state index in [0.29, 0.717) is 0 Å². The molecular weight excluding hydrogens is 308 g/mol. The van der Waals surface area contributed by atoms with Crippen molar-refractivity contribution in [3.63, 3.8) is 0 Å². The average Bonchev–Trinajstić information content (AvgIpc) is 3.12. The predicted octanol–water partition coefficient (Wildman–Crippen LogP) is 2.46. The predicted molar refractivity (Wildman–Crippen MR) is 93.5 cm³/mol. The highest BCUT2D eigenvalue weighted by atomic mass is 32.2. The highest BCUT2D eigenvalue weighted by Crippen LogP contribution is 2.21. The number of para-hydroxylation sites is 1. The quantitative estimate of drug-likeness (QED) is 0.508. The van der Waals surface area contributed by atoms with Crippen molar-refractivity contribution in [3.05, 3.63) is 36.0 Å². The fourth-order valence-corrected chi connectivity index (χ4v) is 3.42. The lowest BCUT2D eigenvalue weighted by Gasteiger charge is -2.03. The summed E-state index contributed by atoms with van der Waals surface area (Å²) >= 11 is 1.66. The molecule has 0 radical (unpaired) electrons. The zero-order valence-electron chi connectivity index (χ0n) is 13.6. The molecule has 2 aromatic heterocycles. The molecule has 23 heavy (non-hydrogen) atoms. The lowest BCUT2D eigenvalue weighted by atomic mass is 10.2. The smallest absolute Gasteiger partial charge is 0.209 e. The van der Waals surface area contributed by atoms with Crippen LogP contribution in [0.25, 0.3) is 10.9 Å². The van der Waals surface area contributed by atoms with Crippen molar-refractivity contribution in [1.29, 1.82) is 0 Å². The fraction of sp³-hybridized carbons (Fsp3) is 0.438. The molecule has 0 aliphatic carbocycles. The molecular formula is C16H22N6S. The van der Waals surface area contributed by atoms with Crippen LogP contribution in [0.15, 0.2) is 35.6 Å². The normalized spacial score (nSPS) is 11.4. The van der Waals surface area contributed by atoms with Gasteiger partial charge in [0, 0.05) is 49.5 Å². The molecule has 7 heteroatoms. The minimum absolute atomic E-state index is 0.853. The van der Waals surface area contributed by atoms with E-state index in [2.05, 4.69) is 62.8 Å². The number of nitrogens with one attached hydrogen (secondary N) is 1. The summed E-state index contributed by atoms with van der Waals surface area (Å²) < 4.78 is 4.05. The molecule has 0 unspecified atom stereocenters. The second-order valence-corrected chi connectivity index (χ2v) is 6.54. The molecule has 1 N–H and O–H groups in total. The number of rotatable bonds is 8. The van der Waals surface area contributed by atoms with Gasteiger partial charge in [-0.25, -0.2) is 4.68 Å². The molecule has 0 atom stereocenters. The Morgan fingerprint density at radius 3 is 2.91 bits per heavy atom. The Labute approximate surface area is 140 Å². The van der Waals surface area contributed by atoms with Gasteiger partial charge in [0.25, 0.3) is 0 Å². The van der Waals surface area contributed by atoms with Crippen molar-refractivity contribution in [3.8, 4) is 0 Å². The molecule has 0 fully saturated rings. The molecule has 122 valence electrons. The van der Waals surface area contributed by atoms with Crippen LogP contribution >= 0.6 is 11.8 Å². The molecule has 3 aromatic rings. The van der Waals surface area contributed by atoms with Gasteiger partial charge in [0.2, 0.25) is 5.16 Å². The lowest BCUT2D eigenvalue weighted by molar-refractivity contribution is 0.663. The van der Waals surface area contributed by atoms with Crippen LogP contribution in [0.2, 0.25) is 0 Å². The summed E-state index contributed by atoms with van der Waals surface area (Å²) in [5, 5.41) is 17.2. The summed E-state index contributed by atoms with van der Waals surface area (Å²) in [4.78, 5) is 0. The number of nitrogens with zero attached hydrogens (tertiary/aromatic N) is 5. The molecule has 3 rings (SSSR count). The van der Waals surface area contributed by atoms with Crippen molar-refractivity contribution in [1.82, 2.24) is 30.1 Å². The maximum absolute atomic E-state index is 3.97. The molecule has 0 spiro atoms. The van der Waals surface area contributed by atoms with E-state index in [4.69, 9.17) is 0 Å². The van der Waals surface area contributed by atoms with Crippen LogP contribution in [0.4, 0.5) is 0 Å². The van der Waals surface area contributed by atoms with Gasteiger partial charge in [0.05, 0.1) is 0 Å². The Hall–Kier alpha value is -1.86. The van der Waals surface area contributed by atoms with Gasteiger partial charge in [-0.1, -0.05) is 36.9 Å². The van der Waals surface area contributed by atoms with E-state index in [1.807, 2.05) is 7.05 Å². The Morgan fingerprint density at radius 1 is 1.26 bits per heavy atom. The van der Waals surface area contributed by atoms with E-state index < -0.39 is 0 Å². The Kier molecular flexibility index (Phi) is 5.30. The third-order valence-electron chi connectivity index (χ3n) is 3.74. The van der Waals surface area contributed by atoms with Crippen LogP contribution in [0.3, 0.4) is 0 Å². The van der Waals surface area contributed by atoms with Gasteiger partial charge in [-0.05, 0) is 28.5 Å². The van der Waals surface area contributed by atoms with E-state index in [1.54, 1.807) is 16.4 Å². The number of aromatic nitrogens is 5. The number of hydrogen-bond donors (Lipinski definition) is 1.